The van der Waals surface area contributed by atoms with Crippen LogP contribution in [0.1, 0.15) is 91.9 Å². The van der Waals surface area contributed by atoms with E-state index in [2.05, 4.69) is 20.8 Å². The van der Waals surface area contributed by atoms with Crippen LogP contribution in [-0.4, -0.2) is 17.5 Å². The van der Waals surface area contributed by atoms with Crippen LogP contribution in [0.2, 0.25) is 0 Å². The van der Waals surface area contributed by atoms with Crippen LogP contribution in [0, 0.1) is 17.8 Å². The van der Waals surface area contributed by atoms with E-state index in [-0.39, 0.29) is 0 Å². The molecule has 0 aromatic heterocycles. The van der Waals surface area contributed by atoms with Crippen molar-refractivity contribution in [1.29, 1.82) is 0 Å². The molecule has 0 aromatic rings. The molecule has 0 radical (unpaired) electrons. The number of rotatable bonds is 14. The van der Waals surface area contributed by atoms with Gasteiger partial charge in [0.15, 0.2) is 0 Å². The lowest BCUT2D eigenvalue weighted by Gasteiger charge is -2.15. The van der Waals surface area contributed by atoms with Crippen molar-refractivity contribution in [2.75, 3.05) is 6.61 Å². The van der Waals surface area contributed by atoms with E-state index in [9.17, 15) is 4.79 Å². The summed E-state index contributed by atoms with van der Waals surface area (Å²) in [5.74, 6) is 2.59. The molecule has 0 spiro atoms. The van der Waals surface area contributed by atoms with Crippen LogP contribution in [0.25, 0.3) is 0 Å². The van der Waals surface area contributed by atoms with E-state index in [1.165, 1.54) is 44.9 Å². The van der Waals surface area contributed by atoms with Crippen molar-refractivity contribution in [3.05, 3.63) is 0 Å². The zero-order chi connectivity index (χ0) is 16.1. The zero-order valence-electron chi connectivity index (χ0n) is 14.9. The normalized spacial score (nSPS) is 15.7. The van der Waals surface area contributed by atoms with Gasteiger partial charge in [0.1, 0.15) is 5.78 Å². The minimum absolute atomic E-state index is 0.325. The topological polar surface area (TPSA) is 37.3 Å². The highest BCUT2D eigenvalue weighted by Gasteiger charge is 2.07. The molecule has 3 unspecified atom stereocenters. The molecule has 3 atom stereocenters. The second kappa shape index (κ2) is 13.3. The standard InChI is InChI=1S/C19H38O2/c1-16(10-6-11-18(3)14-15-20)8-5-9-17(2)12-7-13-19(4)21/h16-18,20H,5-15H2,1-4H3. The van der Waals surface area contributed by atoms with Crippen LogP contribution in [0.15, 0.2) is 0 Å². The Balaban J connectivity index is 3.47. The molecule has 21 heavy (non-hydrogen) atoms. The monoisotopic (exact) mass is 298 g/mol. The summed E-state index contributed by atoms with van der Waals surface area (Å²) in [5, 5.41) is 8.89. The van der Waals surface area contributed by atoms with E-state index in [0.29, 0.717) is 18.3 Å². The number of aliphatic hydroxyl groups excluding tert-OH is 1. The van der Waals surface area contributed by atoms with Crippen LogP contribution in [0.4, 0.5) is 0 Å². The molecule has 0 aliphatic heterocycles. The Morgan fingerprint density at radius 3 is 1.52 bits per heavy atom. The first-order chi connectivity index (χ1) is 9.95. The summed E-state index contributed by atoms with van der Waals surface area (Å²) >= 11 is 0. The number of carbonyl (C=O) groups is 1. The van der Waals surface area contributed by atoms with Crippen molar-refractivity contribution in [2.45, 2.75) is 91.9 Å². The van der Waals surface area contributed by atoms with Crippen molar-refractivity contribution in [3.63, 3.8) is 0 Å². The molecule has 0 amide bonds. The lowest BCUT2D eigenvalue weighted by molar-refractivity contribution is -0.117. The maximum Gasteiger partial charge on any atom is 0.129 e. The van der Waals surface area contributed by atoms with Gasteiger partial charge in [0.05, 0.1) is 0 Å². The van der Waals surface area contributed by atoms with Crippen molar-refractivity contribution in [2.24, 2.45) is 17.8 Å². The molecule has 0 saturated carbocycles. The number of Topliss-reactive ketones (excluding diaryl/α,β-unsaturated/α-hetero) is 1. The first-order valence-electron chi connectivity index (χ1n) is 9.06. The summed E-state index contributed by atoms with van der Waals surface area (Å²) < 4.78 is 0. The van der Waals surface area contributed by atoms with Crippen LogP contribution in [0.5, 0.6) is 0 Å². The summed E-state index contributed by atoms with van der Waals surface area (Å²) in [6.07, 6.45) is 11.8. The predicted molar refractivity (Wildman–Crippen MR) is 91.4 cm³/mol. The lowest BCUT2D eigenvalue weighted by Crippen LogP contribution is -2.02. The Bertz CT molecular complexity index is 250. The molecule has 0 aliphatic carbocycles. The molecule has 126 valence electrons. The van der Waals surface area contributed by atoms with Crippen molar-refractivity contribution >= 4 is 5.78 Å². The minimum Gasteiger partial charge on any atom is -0.396 e. The maximum atomic E-state index is 10.9. The molecule has 2 nitrogen and oxygen atoms in total. The van der Waals surface area contributed by atoms with Crippen LogP contribution in [-0.2, 0) is 4.79 Å². The fourth-order valence-corrected chi connectivity index (χ4v) is 2.98. The van der Waals surface area contributed by atoms with Gasteiger partial charge in [-0.25, -0.2) is 0 Å². The van der Waals surface area contributed by atoms with E-state index < -0.39 is 0 Å². The molecule has 0 rings (SSSR count). The quantitative estimate of drug-likeness (QED) is 0.467. The third-order valence-corrected chi connectivity index (χ3v) is 4.64. The van der Waals surface area contributed by atoms with E-state index in [0.717, 1.165) is 31.1 Å². The Morgan fingerprint density at radius 2 is 1.14 bits per heavy atom. The highest BCUT2D eigenvalue weighted by atomic mass is 16.3. The SMILES string of the molecule is CC(=O)CCCC(C)CCCC(C)CCCC(C)CCO. The van der Waals surface area contributed by atoms with Gasteiger partial charge >= 0.3 is 0 Å². The lowest BCUT2D eigenvalue weighted by atomic mass is 9.91. The van der Waals surface area contributed by atoms with Crippen molar-refractivity contribution in [1.82, 2.24) is 0 Å². The van der Waals surface area contributed by atoms with Gasteiger partial charge in [-0.05, 0) is 37.5 Å². The number of aliphatic hydroxyl groups is 1. The average Bonchev–Trinajstić information content (AvgIpc) is 2.38. The summed E-state index contributed by atoms with van der Waals surface area (Å²) in [4.78, 5) is 10.9. The molecule has 2 heteroatoms. The first kappa shape index (κ1) is 20.6. The molecule has 1 N–H and O–H groups in total. The molecule has 0 saturated heterocycles. The molecular weight excluding hydrogens is 260 g/mol. The van der Waals surface area contributed by atoms with Gasteiger partial charge < -0.3 is 9.90 Å². The van der Waals surface area contributed by atoms with Gasteiger partial charge in [0, 0.05) is 13.0 Å². The van der Waals surface area contributed by atoms with E-state index in [1.54, 1.807) is 6.92 Å². The van der Waals surface area contributed by atoms with E-state index in [4.69, 9.17) is 5.11 Å². The summed E-state index contributed by atoms with van der Waals surface area (Å²) in [5.41, 5.74) is 0. The zero-order valence-corrected chi connectivity index (χ0v) is 14.9. The van der Waals surface area contributed by atoms with Gasteiger partial charge in [-0.2, -0.15) is 0 Å². The summed E-state index contributed by atoms with van der Waals surface area (Å²) in [6, 6.07) is 0. The van der Waals surface area contributed by atoms with Gasteiger partial charge in [-0.15, -0.1) is 0 Å². The largest absolute Gasteiger partial charge is 0.396 e. The fraction of sp³-hybridized carbons (Fsp3) is 0.947. The van der Waals surface area contributed by atoms with Crippen LogP contribution in [0.3, 0.4) is 0 Å². The Kier molecular flexibility index (Phi) is 13.1. The fourth-order valence-electron chi connectivity index (χ4n) is 2.98. The molecule has 0 bridgehead atoms. The van der Waals surface area contributed by atoms with Gasteiger partial charge in [0.25, 0.3) is 0 Å². The molecule has 0 fully saturated rings. The second-order valence-electron chi connectivity index (χ2n) is 7.28. The van der Waals surface area contributed by atoms with Crippen molar-refractivity contribution < 1.29 is 9.90 Å². The molecule has 0 heterocycles. The molecular formula is C19H38O2. The Labute approximate surface area is 132 Å². The van der Waals surface area contributed by atoms with Gasteiger partial charge in [-0.3, -0.25) is 0 Å². The first-order valence-corrected chi connectivity index (χ1v) is 9.06. The third-order valence-electron chi connectivity index (χ3n) is 4.64. The number of hydrogen-bond acceptors (Lipinski definition) is 2. The highest BCUT2D eigenvalue weighted by Crippen LogP contribution is 2.21. The summed E-state index contributed by atoms with van der Waals surface area (Å²) in [6.45, 7) is 8.95. The Hall–Kier alpha value is -0.370. The maximum absolute atomic E-state index is 10.9. The Morgan fingerprint density at radius 1 is 0.762 bits per heavy atom. The van der Waals surface area contributed by atoms with Crippen molar-refractivity contribution in [3.8, 4) is 0 Å². The highest BCUT2D eigenvalue weighted by molar-refractivity contribution is 5.75. The van der Waals surface area contributed by atoms with E-state index in [1.807, 2.05) is 0 Å². The summed E-state index contributed by atoms with van der Waals surface area (Å²) in [7, 11) is 0. The number of hydrogen-bond donors (Lipinski definition) is 1. The smallest absolute Gasteiger partial charge is 0.129 e. The van der Waals surface area contributed by atoms with Crippen LogP contribution < -0.4 is 0 Å². The van der Waals surface area contributed by atoms with E-state index >= 15 is 0 Å². The number of ketones is 1. The minimum atomic E-state index is 0.325. The molecule has 0 aliphatic rings. The van der Waals surface area contributed by atoms with Gasteiger partial charge in [-0.1, -0.05) is 65.7 Å². The van der Waals surface area contributed by atoms with Crippen LogP contribution >= 0.6 is 0 Å². The van der Waals surface area contributed by atoms with Gasteiger partial charge in [0.2, 0.25) is 0 Å². The average molecular weight is 299 g/mol. The number of carbonyl (C=O) groups excluding carboxylic acids is 1. The third kappa shape index (κ3) is 14.3. The predicted octanol–water partition coefficient (Wildman–Crippen LogP) is 5.38. The second-order valence-corrected chi connectivity index (χ2v) is 7.28. The molecule has 0 aromatic carbocycles.